The molecule has 0 saturated heterocycles. The summed E-state index contributed by atoms with van der Waals surface area (Å²) in [6.45, 7) is 2.32. The highest BCUT2D eigenvalue weighted by atomic mass is 79.9. The Morgan fingerprint density at radius 2 is 1.67 bits per heavy atom. The van der Waals surface area contributed by atoms with E-state index in [1.807, 2.05) is 6.92 Å². The molecule has 0 atom stereocenters. The van der Waals surface area contributed by atoms with Gasteiger partial charge in [0.15, 0.2) is 11.5 Å². The molecule has 2 rings (SSSR count). The first kappa shape index (κ1) is 17.8. The lowest BCUT2D eigenvalue weighted by Crippen LogP contribution is -2.41. The second-order valence-electron chi connectivity index (χ2n) is 4.70. The van der Waals surface area contributed by atoms with Gasteiger partial charge >= 0.3 is 0 Å². The zero-order valence-electron chi connectivity index (χ0n) is 13.3. The number of hydrogen-bond donors (Lipinski definition) is 2. The SMILES string of the molecule is CCOc1c(Br)cc(C(=O)NNC(=O)c2ccccc2)cc1OC. The third-order valence-electron chi connectivity index (χ3n) is 3.11. The number of carbonyl (C=O) groups is 2. The molecule has 24 heavy (non-hydrogen) atoms. The number of hydrazine groups is 1. The van der Waals surface area contributed by atoms with Crippen LogP contribution in [0.4, 0.5) is 0 Å². The minimum absolute atomic E-state index is 0.315. The van der Waals surface area contributed by atoms with Gasteiger partial charge < -0.3 is 9.47 Å². The number of ether oxygens (including phenoxy) is 2. The van der Waals surface area contributed by atoms with Crippen LogP contribution < -0.4 is 20.3 Å². The van der Waals surface area contributed by atoms with E-state index in [1.54, 1.807) is 42.5 Å². The van der Waals surface area contributed by atoms with E-state index in [9.17, 15) is 9.59 Å². The lowest BCUT2D eigenvalue weighted by atomic mass is 10.2. The molecule has 0 spiro atoms. The second-order valence-corrected chi connectivity index (χ2v) is 5.55. The van der Waals surface area contributed by atoms with Gasteiger partial charge in [0.05, 0.1) is 18.2 Å². The molecule has 7 heteroatoms. The molecule has 0 aliphatic carbocycles. The van der Waals surface area contributed by atoms with Gasteiger partial charge in [0, 0.05) is 11.1 Å². The van der Waals surface area contributed by atoms with Gasteiger partial charge in [0.25, 0.3) is 11.8 Å². The van der Waals surface area contributed by atoms with Crippen molar-refractivity contribution < 1.29 is 19.1 Å². The van der Waals surface area contributed by atoms with Gasteiger partial charge in [0.1, 0.15) is 0 Å². The van der Waals surface area contributed by atoms with E-state index < -0.39 is 11.8 Å². The highest BCUT2D eigenvalue weighted by molar-refractivity contribution is 9.10. The highest BCUT2D eigenvalue weighted by Gasteiger charge is 2.16. The fourth-order valence-corrected chi connectivity index (χ4v) is 2.54. The van der Waals surface area contributed by atoms with Gasteiger partial charge in [-0.3, -0.25) is 20.4 Å². The summed E-state index contributed by atoms with van der Waals surface area (Å²) in [4.78, 5) is 24.2. The molecule has 0 heterocycles. The summed E-state index contributed by atoms with van der Waals surface area (Å²) in [5.41, 5.74) is 5.50. The summed E-state index contributed by atoms with van der Waals surface area (Å²) in [5, 5.41) is 0. The average Bonchev–Trinajstić information content (AvgIpc) is 2.61. The summed E-state index contributed by atoms with van der Waals surface area (Å²) >= 11 is 3.35. The third-order valence-corrected chi connectivity index (χ3v) is 3.69. The van der Waals surface area contributed by atoms with Gasteiger partial charge in [-0.1, -0.05) is 18.2 Å². The molecule has 0 aromatic heterocycles. The van der Waals surface area contributed by atoms with Gasteiger partial charge in [-0.05, 0) is 47.1 Å². The number of carbonyl (C=O) groups excluding carboxylic acids is 2. The van der Waals surface area contributed by atoms with Crippen molar-refractivity contribution >= 4 is 27.7 Å². The normalized spacial score (nSPS) is 9.96. The molecule has 0 unspecified atom stereocenters. The van der Waals surface area contributed by atoms with Crippen molar-refractivity contribution in [1.29, 1.82) is 0 Å². The Hall–Kier alpha value is -2.54. The molecule has 0 aliphatic heterocycles. The summed E-state index contributed by atoms with van der Waals surface area (Å²) in [5.74, 6) is 0.0675. The Morgan fingerprint density at radius 3 is 2.25 bits per heavy atom. The van der Waals surface area contributed by atoms with E-state index in [0.29, 0.717) is 33.7 Å². The summed E-state index contributed by atoms with van der Waals surface area (Å²) < 4.78 is 11.3. The van der Waals surface area contributed by atoms with Crippen LogP contribution in [0.3, 0.4) is 0 Å². The number of nitrogens with one attached hydrogen (secondary N) is 2. The van der Waals surface area contributed by atoms with Crippen molar-refractivity contribution in [2.45, 2.75) is 6.92 Å². The molecule has 0 bridgehead atoms. The van der Waals surface area contributed by atoms with Crippen LogP contribution in [0.1, 0.15) is 27.6 Å². The van der Waals surface area contributed by atoms with Crippen molar-refractivity contribution in [2.75, 3.05) is 13.7 Å². The summed E-state index contributed by atoms with van der Waals surface area (Å²) in [6.07, 6.45) is 0. The zero-order valence-corrected chi connectivity index (χ0v) is 14.8. The van der Waals surface area contributed by atoms with E-state index in [2.05, 4.69) is 26.8 Å². The number of methoxy groups -OCH3 is 1. The predicted molar refractivity (Wildman–Crippen MR) is 93.2 cm³/mol. The molecular formula is C17H17BrN2O4. The number of rotatable bonds is 5. The van der Waals surface area contributed by atoms with Crippen LogP contribution in [0, 0.1) is 0 Å². The minimum Gasteiger partial charge on any atom is -0.493 e. The summed E-state index contributed by atoms with van der Waals surface area (Å²) in [6, 6.07) is 11.7. The van der Waals surface area contributed by atoms with Crippen LogP contribution >= 0.6 is 15.9 Å². The zero-order chi connectivity index (χ0) is 17.5. The number of amides is 2. The van der Waals surface area contributed by atoms with Gasteiger partial charge in [-0.15, -0.1) is 0 Å². The van der Waals surface area contributed by atoms with Crippen LogP contribution in [-0.4, -0.2) is 25.5 Å². The average molecular weight is 393 g/mol. The van der Waals surface area contributed by atoms with Crippen LogP contribution in [0.2, 0.25) is 0 Å². The summed E-state index contributed by atoms with van der Waals surface area (Å²) in [7, 11) is 1.49. The molecule has 0 aliphatic rings. The molecule has 0 fully saturated rings. The van der Waals surface area contributed by atoms with E-state index in [-0.39, 0.29) is 0 Å². The topological polar surface area (TPSA) is 76.7 Å². The fraction of sp³-hybridized carbons (Fsp3) is 0.176. The van der Waals surface area contributed by atoms with Crippen molar-refractivity contribution in [3.8, 4) is 11.5 Å². The fourth-order valence-electron chi connectivity index (χ4n) is 1.98. The van der Waals surface area contributed by atoms with E-state index >= 15 is 0 Å². The molecule has 2 aromatic carbocycles. The third kappa shape index (κ3) is 4.26. The van der Waals surface area contributed by atoms with Gasteiger partial charge in [-0.25, -0.2) is 0 Å². The van der Waals surface area contributed by atoms with Crippen LogP contribution in [0.5, 0.6) is 11.5 Å². The predicted octanol–water partition coefficient (Wildman–Crippen LogP) is 2.93. The number of halogens is 1. The maximum Gasteiger partial charge on any atom is 0.269 e. The number of benzene rings is 2. The molecule has 2 aromatic rings. The second kappa shape index (κ2) is 8.35. The quantitative estimate of drug-likeness (QED) is 0.766. The maximum atomic E-state index is 12.2. The largest absolute Gasteiger partial charge is 0.493 e. The molecule has 0 radical (unpaired) electrons. The Kier molecular flexibility index (Phi) is 6.20. The minimum atomic E-state index is -0.471. The number of hydrogen-bond acceptors (Lipinski definition) is 4. The Balaban J connectivity index is 2.10. The Morgan fingerprint density at radius 1 is 1.04 bits per heavy atom. The smallest absolute Gasteiger partial charge is 0.269 e. The Bertz CT molecular complexity index is 735. The first-order chi connectivity index (χ1) is 11.6. The highest BCUT2D eigenvalue weighted by Crippen LogP contribution is 2.36. The van der Waals surface area contributed by atoms with Crippen LogP contribution in [0.25, 0.3) is 0 Å². The lowest BCUT2D eigenvalue weighted by Gasteiger charge is -2.13. The van der Waals surface area contributed by atoms with E-state index in [4.69, 9.17) is 9.47 Å². The molecule has 0 saturated carbocycles. The molecule has 2 N–H and O–H groups in total. The first-order valence-electron chi connectivity index (χ1n) is 7.22. The maximum absolute atomic E-state index is 12.2. The van der Waals surface area contributed by atoms with Gasteiger partial charge in [-0.2, -0.15) is 0 Å². The monoisotopic (exact) mass is 392 g/mol. The standard InChI is InChI=1S/C17H17BrN2O4/c1-3-24-15-13(18)9-12(10-14(15)23-2)17(22)20-19-16(21)11-7-5-4-6-8-11/h4-10H,3H2,1-2H3,(H,19,21)(H,20,22). The van der Waals surface area contributed by atoms with Crippen molar-refractivity contribution in [3.63, 3.8) is 0 Å². The molecule has 126 valence electrons. The van der Waals surface area contributed by atoms with Crippen LogP contribution in [0.15, 0.2) is 46.9 Å². The van der Waals surface area contributed by atoms with E-state index in [1.165, 1.54) is 7.11 Å². The molecular weight excluding hydrogens is 376 g/mol. The van der Waals surface area contributed by atoms with Crippen molar-refractivity contribution in [1.82, 2.24) is 10.9 Å². The first-order valence-corrected chi connectivity index (χ1v) is 8.02. The lowest BCUT2D eigenvalue weighted by molar-refractivity contribution is 0.0846. The van der Waals surface area contributed by atoms with Gasteiger partial charge in [0.2, 0.25) is 0 Å². The molecule has 2 amide bonds. The van der Waals surface area contributed by atoms with Crippen molar-refractivity contribution in [2.24, 2.45) is 0 Å². The molecule has 6 nitrogen and oxygen atoms in total. The Labute approximate surface area is 148 Å². The van der Waals surface area contributed by atoms with E-state index in [0.717, 1.165) is 0 Å². The van der Waals surface area contributed by atoms with Crippen LogP contribution in [-0.2, 0) is 0 Å². The van der Waals surface area contributed by atoms with Crippen molar-refractivity contribution in [3.05, 3.63) is 58.1 Å².